The predicted octanol–water partition coefficient (Wildman–Crippen LogP) is -0.898. The van der Waals surface area contributed by atoms with E-state index in [1.54, 1.807) is 13.8 Å². The number of carbonyl (C=O) groups excluding carboxylic acids is 2. The van der Waals surface area contributed by atoms with Crippen LogP contribution in [0.1, 0.15) is 20.3 Å². The number of carboxylic acids is 1. The number of amides is 1. The summed E-state index contributed by atoms with van der Waals surface area (Å²) in [5.74, 6) is -2.62. The average molecular weight is 246 g/mol. The van der Waals surface area contributed by atoms with Crippen molar-refractivity contribution in [3.05, 3.63) is 0 Å². The molecule has 0 aromatic heterocycles. The van der Waals surface area contributed by atoms with E-state index in [1.807, 2.05) is 0 Å². The maximum Gasteiger partial charge on any atom is 0.328 e. The summed E-state index contributed by atoms with van der Waals surface area (Å²) in [6.45, 7) is 3.45. The van der Waals surface area contributed by atoms with E-state index < -0.39 is 36.4 Å². The molecule has 2 unspecified atom stereocenters. The fourth-order valence-corrected chi connectivity index (χ4v) is 1.17. The third-order valence-electron chi connectivity index (χ3n) is 2.15. The molecule has 0 aliphatic carbocycles. The fourth-order valence-electron chi connectivity index (χ4n) is 1.17. The summed E-state index contributed by atoms with van der Waals surface area (Å²) in [6.07, 6.45) is -0.488. The minimum Gasteiger partial charge on any atom is -0.481 e. The van der Waals surface area contributed by atoms with Crippen LogP contribution < -0.4 is 11.1 Å². The number of carboxylic acid groups (broad SMARTS) is 1. The second-order valence-corrected chi connectivity index (χ2v) is 3.96. The summed E-state index contributed by atoms with van der Waals surface area (Å²) in [4.78, 5) is 33.2. The Bertz CT molecular complexity index is 303. The molecule has 0 saturated carbocycles. The van der Waals surface area contributed by atoms with Gasteiger partial charge in [0.25, 0.3) is 0 Å². The molecule has 4 N–H and O–H groups in total. The van der Waals surface area contributed by atoms with Crippen LogP contribution in [0.3, 0.4) is 0 Å². The smallest absolute Gasteiger partial charge is 0.328 e. The normalized spacial score (nSPS) is 13.9. The lowest BCUT2D eigenvalue weighted by atomic mass is 10.0. The molecule has 0 bridgehead atoms. The molecule has 0 fully saturated rings. The predicted molar refractivity (Wildman–Crippen MR) is 59.0 cm³/mol. The number of hydrogen-bond donors (Lipinski definition) is 3. The van der Waals surface area contributed by atoms with Crippen LogP contribution in [-0.2, 0) is 19.1 Å². The molecule has 1 amide bonds. The van der Waals surface area contributed by atoms with E-state index in [2.05, 4.69) is 10.1 Å². The van der Waals surface area contributed by atoms with Crippen molar-refractivity contribution in [2.24, 2.45) is 11.7 Å². The standard InChI is InChI=1S/C10H18N2O5/c1-5(2)8(10(16)17-3)12-9(15)6(11)4-7(13)14/h5-6,8H,4,11H2,1-3H3,(H,12,15)(H,13,14). The van der Waals surface area contributed by atoms with Gasteiger partial charge in [-0.2, -0.15) is 0 Å². The molecule has 0 rings (SSSR count). The van der Waals surface area contributed by atoms with Gasteiger partial charge in [0.2, 0.25) is 5.91 Å². The van der Waals surface area contributed by atoms with E-state index in [9.17, 15) is 14.4 Å². The number of nitrogens with two attached hydrogens (primary N) is 1. The molecule has 0 aromatic rings. The second-order valence-electron chi connectivity index (χ2n) is 3.96. The molecule has 0 spiro atoms. The van der Waals surface area contributed by atoms with Gasteiger partial charge >= 0.3 is 11.9 Å². The van der Waals surface area contributed by atoms with Crippen LogP contribution in [0, 0.1) is 5.92 Å². The molecular weight excluding hydrogens is 228 g/mol. The Labute approximate surface area is 99.3 Å². The molecule has 17 heavy (non-hydrogen) atoms. The lowest BCUT2D eigenvalue weighted by Gasteiger charge is -2.21. The monoisotopic (exact) mass is 246 g/mol. The summed E-state index contributed by atoms with van der Waals surface area (Å²) >= 11 is 0. The van der Waals surface area contributed by atoms with E-state index in [0.29, 0.717) is 0 Å². The Kier molecular flexibility index (Phi) is 6.19. The second kappa shape index (κ2) is 6.85. The molecule has 7 heteroatoms. The summed E-state index contributed by atoms with van der Waals surface area (Å²) in [6, 6.07) is -2.01. The highest BCUT2D eigenvalue weighted by Gasteiger charge is 2.27. The largest absolute Gasteiger partial charge is 0.481 e. The number of ether oxygens (including phenoxy) is 1. The third kappa shape index (κ3) is 5.30. The van der Waals surface area contributed by atoms with E-state index >= 15 is 0 Å². The molecule has 0 aliphatic heterocycles. The highest BCUT2D eigenvalue weighted by Crippen LogP contribution is 2.04. The van der Waals surface area contributed by atoms with Crippen LogP contribution in [0.2, 0.25) is 0 Å². The van der Waals surface area contributed by atoms with E-state index in [0.717, 1.165) is 0 Å². The maximum atomic E-state index is 11.5. The van der Waals surface area contributed by atoms with Crippen molar-refractivity contribution in [2.45, 2.75) is 32.4 Å². The minimum absolute atomic E-state index is 0.177. The lowest BCUT2D eigenvalue weighted by molar-refractivity contribution is -0.146. The van der Waals surface area contributed by atoms with Crippen molar-refractivity contribution in [3.63, 3.8) is 0 Å². The first-order chi connectivity index (χ1) is 7.79. The minimum atomic E-state index is -1.18. The Hall–Kier alpha value is -1.63. The summed E-state index contributed by atoms with van der Waals surface area (Å²) in [5.41, 5.74) is 5.36. The molecule has 0 aliphatic rings. The van der Waals surface area contributed by atoms with Gasteiger partial charge in [-0.25, -0.2) is 4.79 Å². The van der Waals surface area contributed by atoms with Gasteiger partial charge in [0.1, 0.15) is 6.04 Å². The molecule has 98 valence electrons. The van der Waals surface area contributed by atoms with E-state index in [-0.39, 0.29) is 5.92 Å². The zero-order valence-corrected chi connectivity index (χ0v) is 10.1. The average Bonchev–Trinajstić information content (AvgIpc) is 2.22. The van der Waals surface area contributed by atoms with Crippen LogP contribution in [0.15, 0.2) is 0 Å². The van der Waals surface area contributed by atoms with Gasteiger partial charge in [-0.3, -0.25) is 9.59 Å². The number of carbonyl (C=O) groups is 3. The quantitative estimate of drug-likeness (QED) is 0.523. The summed E-state index contributed by atoms with van der Waals surface area (Å²) < 4.78 is 4.52. The van der Waals surface area contributed by atoms with Gasteiger partial charge in [0.15, 0.2) is 0 Å². The molecule has 0 saturated heterocycles. The van der Waals surface area contributed by atoms with Gasteiger partial charge in [-0.15, -0.1) is 0 Å². The van der Waals surface area contributed by atoms with E-state index in [1.165, 1.54) is 7.11 Å². The van der Waals surface area contributed by atoms with Crippen molar-refractivity contribution in [1.29, 1.82) is 0 Å². The van der Waals surface area contributed by atoms with Crippen LogP contribution in [0.25, 0.3) is 0 Å². The Morgan fingerprint density at radius 2 is 1.88 bits per heavy atom. The first-order valence-corrected chi connectivity index (χ1v) is 5.15. The van der Waals surface area contributed by atoms with Crippen molar-refractivity contribution < 1.29 is 24.2 Å². The van der Waals surface area contributed by atoms with Gasteiger partial charge in [0, 0.05) is 0 Å². The maximum absolute atomic E-state index is 11.5. The zero-order valence-electron chi connectivity index (χ0n) is 10.1. The molecule has 0 radical (unpaired) electrons. The van der Waals surface area contributed by atoms with Gasteiger partial charge in [-0.05, 0) is 5.92 Å². The number of esters is 1. The van der Waals surface area contributed by atoms with Crippen molar-refractivity contribution >= 4 is 17.8 Å². The Morgan fingerprint density at radius 3 is 2.24 bits per heavy atom. The highest BCUT2D eigenvalue weighted by atomic mass is 16.5. The number of nitrogens with one attached hydrogen (secondary N) is 1. The highest BCUT2D eigenvalue weighted by molar-refractivity contribution is 5.89. The van der Waals surface area contributed by atoms with Gasteiger partial charge in [-0.1, -0.05) is 13.8 Å². The van der Waals surface area contributed by atoms with Crippen LogP contribution in [0.4, 0.5) is 0 Å². The molecule has 2 atom stereocenters. The van der Waals surface area contributed by atoms with Crippen LogP contribution in [0.5, 0.6) is 0 Å². The molecular formula is C10H18N2O5. The number of methoxy groups -OCH3 is 1. The third-order valence-corrected chi connectivity index (χ3v) is 2.15. The summed E-state index contributed by atoms with van der Waals surface area (Å²) in [7, 11) is 1.21. The van der Waals surface area contributed by atoms with Crippen molar-refractivity contribution in [3.8, 4) is 0 Å². The van der Waals surface area contributed by atoms with Crippen LogP contribution >= 0.6 is 0 Å². The Balaban J connectivity index is 4.50. The van der Waals surface area contributed by atoms with Gasteiger partial charge in [0.05, 0.1) is 19.6 Å². The topological polar surface area (TPSA) is 119 Å². The molecule has 0 aromatic carbocycles. The van der Waals surface area contributed by atoms with E-state index in [4.69, 9.17) is 10.8 Å². The molecule has 0 heterocycles. The number of hydrogen-bond acceptors (Lipinski definition) is 5. The lowest BCUT2D eigenvalue weighted by Crippen LogP contribution is -2.51. The fraction of sp³-hybridized carbons (Fsp3) is 0.700. The summed E-state index contributed by atoms with van der Waals surface area (Å²) in [5, 5.41) is 10.9. The zero-order chi connectivity index (χ0) is 13.6. The van der Waals surface area contributed by atoms with Crippen molar-refractivity contribution in [1.82, 2.24) is 5.32 Å². The SMILES string of the molecule is COC(=O)C(NC(=O)C(N)CC(=O)O)C(C)C. The van der Waals surface area contributed by atoms with Crippen LogP contribution in [-0.4, -0.2) is 42.1 Å². The van der Waals surface area contributed by atoms with Crippen molar-refractivity contribution in [2.75, 3.05) is 7.11 Å². The van der Waals surface area contributed by atoms with Gasteiger partial charge < -0.3 is 20.9 Å². The molecule has 7 nitrogen and oxygen atoms in total. The number of rotatable bonds is 6. The first kappa shape index (κ1) is 15.4. The number of aliphatic carboxylic acids is 1. The first-order valence-electron chi connectivity index (χ1n) is 5.15. The Morgan fingerprint density at radius 1 is 1.35 bits per heavy atom.